The summed E-state index contributed by atoms with van der Waals surface area (Å²) in [4.78, 5) is 11.4. The summed E-state index contributed by atoms with van der Waals surface area (Å²) < 4.78 is 5.98. The Morgan fingerprint density at radius 2 is 1.14 bits per heavy atom. The van der Waals surface area contributed by atoms with Crippen LogP contribution < -0.4 is 10.4 Å². The first-order chi connectivity index (χ1) is 16.8. The summed E-state index contributed by atoms with van der Waals surface area (Å²) in [5, 5.41) is 10.1. The van der Waals surface area contributed by atoms with Gasteiger partial charge in [0.25, 0.3) is 5.91 Å². The normalized spacial score (nSPS) is 18.1. The van der Waals surface area contributed by atoms with Crippen LogP contribution in [0.1, 0.15) is 94.2 Å². The van der Waals surface area contributed by atoms with Gasteiger partial charge >= 0.3 is 0 Å². The number of hydrogen-bond acceptors (Lipinski definition) is 3. The number of ether oxygens (including phenoxy) is 1. The molecular weight excluding hydrogens is 456 g/mol. The Hall–Kier alpha value is -3.01. The van der Waals surface area contributed by atoms with E-state index in [4.69, 9.17) is 4.74 Å². The highest BCUT2D eigenvalue weighted by atomic mass is 16.5. The van der Waals surface area contributed by atoms with E-state index in [1.807, 2.05) is 18.6 Å². The number of rotatable bonds is 1. The Kier molecular flexibility index (Phi) is 7.49. The smallest absolute Gasteiger partial charge is 0.288 e. The molecule has 0 saturated carbocycles. The molecular formula is C33H44N2O2. The summed E-state index contributed by atoms with van der Waals surface area (Å²) in [5.41, 5.74) is 6.54. The van der Waals surface area contributed by atoms with Crippen molar-refractivity contribution >= 4 is 17.6 Å². The summed E-state index contributed by atoms with van der Waals surface area (Å²) in [6, 6.07) is 4.61. The van der Waals surface area contributed by atoms with E-state index in [-0.39, 0.29) is 27.6 Å². The number of hydrogen-bond donors (Lipinski definition) is 0. The van der Waals surface area contributed by atoms with Crippen LogP contribution >= 0.6 is 0 Å². The van der Waals surface area contributed by atoms with Gasteiger partial charge in [-0.1, -0.05) is 101 Å². The van der Waals surface area contributed by atoms with Gasteiger partial charge in [-0.25, -0.2) is 0 Å². The molecule has 0 aliphatic carbocycles. The summed E-state index contributed by atoms with van der Waals surface area (Å²) in [7, 11) is 0. The fourth-order valence-corrected chi connectivity index (χ4v) is 4.62. The minimum Gasteiger partial charge on any atom is -0.472 e. The molecule has 2 heterocycles. The molecule has 0 unspecified atom stereocenters. The van der Waals surface area contributed by atoms with Crippen LogP contribution in [-0.2, 0) is 20.4 Å². The largest absolute Gasteiger partial charge is 0.472 e. The molecule has 0 N–H and O–H groups in total. The maximum atomic E-state index is 11.4. The van der Waals surface area contributed by atoms with E-state index in [9.17, 15) is 4.79 Å². The van der Waals surface area contributed by atoms with Gasteiger partial charge < -0.3 is 4.74 Å². The monoisotopic (exact) mass is 500 g/mol. The van der Waals surface area contributed by atoms with E-state index in [0.29, 0.717) is 5.70 Å². The average Bonchev–Trinajstić information content (AvgIpc) is 2.75. The summed E-state index contributed by atoms with van der Waals surface area (Å²) >= 11 is 0. The van der Waals surface area contributed by atoms with E-state index in [0.717, 1.165) is 5.22 Å². The van der Waals surface area contributed by atoms with Gasteiger partial charge in [-0.05, 0) is 60.9 Å². The number of allylic oxidation sites excluding steroid dienone is 4. The molecule has 0 saturated heterocycles. The van der Waals surface area contributed by atoms with Crippen LogP contribution in [0, 0.1) is 10.8 Å². The summed E-state index contributed by atoms with van der Waals surface area (Å²) in [6.45, 7) is 27.2. The standard InChI is InChI=1S/C33H44N2O2/c1-30(2,3)23-17-21(13-14-22-15-16-27(36)35-34-22)18-24(31(4,5)6)28(23)29-25(32(7,8)9)19-37-20-26(29)33(10,11)12/h13-20H,1-12H3/b22-14-. The van der Waals surface area contributed by atoms with Crippen molar-refractivity contribution in [1.29, 1.82) is 0 Å². The Labute approximate surface area is 223 Å². The molecule has 3 rings (SSSR count). The van der Waals surface area contributed by atoms with Gasteiger partial charge in [0.1, 0.15) is 0 Å². The van der Waals surface area contributed by atoms with Crippen LogP contribution in [0.4, 0.5) is 0 Å². The van der Waals surface area contributed by atoms with E-state index >= 15 is 0 Å². The Bertz CT molecular complexity index is 1280. The zero-order valence-corrected chi connectivity index (χ0v) is 24.8. The fraction of sp³-hybridized carbons (Fsp3) is 0.485. The van der Waals surface area contributed by atoms with Gasteiger partial charge in [0.05, 0.1) is 18.2 Å². The number of nitrogens with zero attached hydrogens (tertiary/aromatic N) is 2. The summed E-state index contributed by atoms with van der Waals surface area (Å²) in [5.74, 6) is -0.328. The first kappa shape index (κ1) is 28.6. The molecule has 1 amide bonds. The zero-order chi connectivity index (χ0) is 28.0. The SMILES string of the molecule is CC(C)(C)C1=COC=C(C(C)(C)C)C1=c1c(C(C)(C)C)cc(=C/C=C2/C=CC(=O)N=N2)cc1C(C)(C)C. The average molecular weight is 501 g/mol. The topological polar surface area (TPSA) is 51.0 Å². The molecule has 0 radical (unpaired) electrons. The van der Waals surface area contributed by atoms with Crippen LogP contribution in [-0.4, -0.2) is 5.91 Å². The van der Waals surface area contributed by atoms with Crippen molar-refractivity contribution in [3.8, 4) is 0 Å². The third kappa shape index (κ3) is 6.47. The van der Waals surface area contributed by atoms with Gasteiger partial charge in [-0.3, -0.25) is 4.79 Å². The molecule has 0 spiro atoms. The number of amides is 1. The van der Waals surface area contributed by atoms with Crippen molar-refractivity contribution in [1.82, 2.24) is 0 Å². The van der Waals surface area contributed by atoms with Crippen molar-refractivity contribution in [2.45, 2.75) is 93.9 Å². The van der Waals surface area contributed by atoms with E-state index in [1.165, 1.54) is 39.1 Å². The van der Waals surface area contributed by atoms with Crippen LogP contribution in [0.5, 0.6) is 0 Å². The second-order valence-electron chi connectivity index (χ2n) is 14.2. The lowest BCUT2D eigenvalue weighted by atomic mass is 9.69. The van der Waals surface area contributed by atoms with Gasteiger partial charge in [0.2, 0.25) is 0 Å². The second kappa shape index (κ2) is 9.70. The third-order valence-electron chi connectivity index (χ3n) is 6.66. The molecule has 0 atom stereocenters. The molecule has 198 valence electrons. The number of carbonyl (C=O) groups is 1. The predicted molar refractivity (Wildman–Crippen MR) is 154 cm³/mol. The molecule has 37 heavy (non-hydrogen) atoms. The zero-order valence-electron chi connectivity index (χ0n) is 24.8. The molecule has 4 nitrogen and oxygen atoms in total. The quantitative estimate of drug-likeness (QED) is 0.400. The van der Waals surface area contributed by atoms with Gasteiger partial charge in [0.15, 0.2) is 0 Å². The minimum absolute atomic E-state index is 0.102. The molecule has 1 aromatic rings. The Balaban J connectivity index is 2.56. The van der Waals surface area contributed by atoms with Crippen molar-refractivity contribution < 1.29 is 9.53 Å². The van der Waals surface area contributed by atoms with Crippen molar-refractivity contribution in [2.75, 3.05) is 0 Å². The highest BCUT2D eigenvalue weighted by Crippen LogP contribution is 2.44. The molecule has 0 aromatic heterocycles. The summed E-state index contributed by atoms with van der Waals surface area (Å²) in [6.07, 6.45) is 11.0. The highest BCUT2D eigenvalue weighted by Gasteiger charge is 2.35. The molecule has 4 heteroatoms. The Morgan fingerprint density at radius 1 is 0.649 bits per heavy atom. The minimum atomic E-state index is -0.328. The van der Waals surface area contributed by atoms with Gasteiger partial charge in [-0.15, -0.1) is 10.2 Å². The Morgan fingerprint density at radius 3 is 1.51 bits per heavy atom. The number of azo groups is 1. The van der Waals surface area contributed by atoms with Gasteiger partial charge in [0, 0.05) is 17.2 Å². The van der Waals surface area contributed by atoms with Gasteiger partial charge in [-0.2, -0.15) is 0 Å². The van der Waals surface area contributed by atoms with Crippen molar-refractivity contribution in [2.24, 2.45) is 21.1 Å². The fourth-order valence-electron chi connectivity index (χ4n) is 4.62. The lowest BCUT2D eigenvalue weighted by molar-refractivity contribution is -0.114. The van der Waals surface area contributed by atoms with Crippen molar-refractivity contribution in [3.63, 3.8) is 0 Å². The van der Waals surface area contributed by atoms with E-state index < -0.39 is 0 Å². The first-order valence-electron chi connectivity index (χ1n) is 13.1. The maximum Gasteiger partial charge on any atom is 0.288 e. The highest BCUT2D eigenvalue weighted by molar-refractivity contribution is 5.89. The van der Waals surface area contributed by atoms with Crippen LogP contribution in [0.3, 0.4) is 0 Å². The van der Waals surface area contributed by atoms with E-state index in [2.05, 4.69) is 112 Å². The molecule has 0 fully saturated rings. The molecule has 2 aliphatic rings. The third-order valence-corrected chi connectivity index (χ3v) is 6.66. The van der Waals surface area contributed by atoms with Crippen LogP contribution in [0.15, 0.2) is 70.0 Å². The number of benzene rings is 1. The molecule has 1 aromatic carbocycles. The molecule has 0 bridgehead atoms. The van der Waals surface area contributed by atoms with Crippen LogP contribution in [0.25, 0.3) is 11.6 Å². The van der Waals surface area contributed by atoms with Crippen LogP contribution in [0.2, 0.25) is 0 Å². The van der Waals surface area contributed by atoms with E-state index in [1.54, 1.807) is 6.08 Å². The second-order valence-corrected chi connectivity index (χ2v) is 14.2. The lowest BCUT2D eigenvalue weighted by Crippen LogP contribution is -2.38. The predicted octanol–water partition coefficient (Wildman–Crippen LogP) is 7.54. The molecule has 2 aliphatic heterocycles. The first-order valence-corrected chi connectivity index (χ1v) is 13.1. The van der Waals surface area contributed by atoms with Crippen molar-refractivity contribution in [3.05, 3.63) is 81.3 Å². The number of carbonyl (C=O) groups excluding carboxylic acids is 1. The maximum absolute atomic E-state index is 11.4. The lowest BCUT2D eigenvalue weighted by Gasteiger charge is -2.37.